The Morgan fingerprint density at radius 3 is 3.19 bits per heavy atom. The molecular weight excluding hydrogens is 286 g/mol. The minimum absolute atomic E-state index is 0.160. The number of thiophene rings is 1. The minimum Gasteiger partial charge on any atom is -0.384 e. The summed E-state index contributed by atoms with van der Waals surface area (Å²) in [7, 11) is 1.74. The third-order valence-corrected chi connectivity index (χ3v) is 5.82. The van der Waals surface area contributed by atoms with Gasteiger partial charge in [0.2, 0.25) is 0 Å². The van der Waals surface area contributed by atoms with Gasteiger partial charge in [-0.1, -0.05) is 6.42 Å². The number of carbonyl (C=O) groups excluding carboxylic acids is 1. The molecule has 0 radical (unpaired) electrons. The molecule has 2 atom stereocenters. The molecule has 5 heteroatoms. The van der Waals surface area contributed by atoms with Crippen molar-refractivity contribution in [2.24, 2.45) is 5.92 Å². The van der Waals surface area contributed by atoms with Crippen LogP contribution in [-0.2, 0) is 9.47 Å². The van der Waals surface area contributed by atoms with Crippen molar-refractivity contribution < 1.29 is 14.3 Å². The van der Waals surface area contributed by atoms with Crippen LogP contribution in [0.15, 0.2) is 11.4 Å². The van der Waals surface area contributed by atoms with Gasteiger partial charge in [0.25, 0.3) is 5.91 Å². The van der Waals surface area contributed by atoms with Crippen LogP contribution < -0.4 is 0 Å². The summed E-state index contributed by atoms with van der Waals surface area (Å²) in [5.74, 6) is 0.566. The lowest BCUT2D eigenvalue weighted by molar-refractivity contribution is -0.130. The molecule has 1 saturated carbocycles. The third-order valence-electron chi connectivity index (χ3n) is 4.82. The molecule has 116 valence electrons. The van der Waals surface area contributed by atoms with Crippen molar-refractivity contribution in [3.8, 4) is 0 Å². The molecule has 2 heterocycles. The van der Waals surface area contributed by atoms with Crippen molar-refractivity contribution >= 4 is 17.2 Å². The zero-order valence-corrected chi connectivity index (χ0v) is 13.6. The number of rotatable bonds is 3. The number of hydrogen-bond donors (Lipinski definition) is 0. The normalized spacial score (nSPS) is 29.2. The lowest BCUT2D eigenvalue weighted by Gasteiger charge is -2.44. The molecule has 21 heavy (non-hydrogen) atoms. The molecule has 2 aliphatic rings. The lowest BCUT2D eigenvalue weighted by atomic mass is 9.89. The van der Waals surface area contributed by atoms with E-state index >= 15 is 0 Å². The van der Waals surface area contributed by atoms with Crippen molar-refractivity contribution in [3.63, 3.8) is 0 Å². The fraction of sp³-hybridized carbons (Fsp3) is 0.688. The van der Waals surface area contributed by atoms with Gasteiger partial charge in [-0.2, -0.15) is 0 Å². The van der Waals surface area contributed by atoms with Crippen LogP contribution in [0.3, 0.4) is 0 Å². The number of nitrogens with zero attached hydrogens (tertiary/aromatic N) is 1. The highest BCUT2D eigenvalue weighted by Crippen LogP contribution is 2.41. The number of morpholine rings is 1. The Hall–Kier alpha value is -0.910. The quantitative estimate of drug-likeness (QED) is 0.862. The molecule has 0 bridgehead atoms. The van der Waals surface area contributed by atoms with E-state index in [1.807, 2.05) is 23.3 Å². The van der Waals surface area contributed by atoms with Gasteiger partial charge in [-0.15, -0.1) is 11.3 Å². The Morgan fingerprint density at radius 1 is 1.62 bits per heavy atom. The van der Waals surface area contributed by atoms with Crippen LogP contribution in [0.2, 0.25) is 0 Å². The molecule has 1 aliphatic carbocycles. The van der Waals surface area contributed by atoms with E-state index in [4.69, 9.17) is 9.47 Å². The Kier molecular flexibility index (Phi) is 4.33. The number of ether oxygens (including phenoxy) is 2. The highest BCUT2D eigenvalue weighted by atomic mass is 32.1. The second-order valence-corrected chi connectivity index (χ2v) is 7.03. The second kappa shape index (κ2) is 6.07. The van der Waals surface area contributed by atoms with Crippen LogP contribution >= 0.6 is 11.3 Å². The standard InChI is InChI=1S/C16H23NO3S/c1-12-5-9-21-14(12)15(18)17-7-8-20-16(11-17)6-3-4-13(16)10-19-2/h5,9,13H,3-4,6-8,10-11H2,1-2H3/t13-,16-/m1/s1. The fourth-order valence-corrected chi connectivity index (χ4v) is 4.56. The number of aryl methyl sites for hydroxylation is 1. The Morgan fingerprint density at radius 2 is 2.48 bits per heavy atom. The van der Waals surface area contributed by atoms with Gasteiger partial charge in [0.15, 0.2) is 0 Å². The van der Waals surface area contributed by atoms with Crippen LogP contribution in [0.1, 0.15) is 34.5 Å². The molecule has 1 aliphatic heterocycles. The molecule has 0 N–H and O–H groups in total. The summed E-state index contributed by atoms with van der Waals surface area (Å²) >= 11 is 1.54. The zero-order valence-electron chi connectivity index (χ0n) is 12.8. The molecule has 1 saturated heterocycles. The SMILES string of the molecule is COC[C@H]1CCC[C@@]12CN(C(=O)c1sccc1C)CCO2. The summed E-state index contributed by atoms with van der Waals surface area (Å²) in [6, 6.07) is 2.01. The second-order valence-electron chi connectivity index (χ2n) is 6.12. The molecular formula is C16H23NO3S. The van der Waals surface area contributed by atoms with Crippen LogP contribution in [0, 0.1) is 12.8 Å². The number of methoxy groups -OCH3 is 1. The van der Waals surface area contributed by atoms with Crippen LogP contribution in [-0.4, -0.2) is 49.8 Å². The maximum absolute atomic E-state index is 12.7. The summed E-state index contributed by atoms with van der Waals surface area (Å²) in [4.78, 5) is 15.6. The van der Waals surface area contributed by atoms with E-state index in [1.165, 1.54) is 11.3 Å². The predicted molar refractivity (Wildman–Crippen MR) is 82.9 cm³/mol. The maximum Gasteiger partial charge on any atom is 0.264 e. The van der Waals surface area contributed by atoms with Crippen molar-refractivity contribution in [2.75, 3.05) is 33.4 Å². The van der Waals surface area contributed by atoms with E-state index in [1.54, 1.807) is 7.11 Å². The van der Waals surface area contributed by atoms with Crippen molar-refractivity contribution in [2.45, 2.75) is 31.8 Å². The molecule has 0 aromatic carbocycles. The van der Waals surface area contributed by atoms with Gasteiger partial charge in [0.1, 0.15) is 0 Å². The Balaban J connectivity index is 1.77. The molecule has 3 rings (SSSR count). The Labute approximate surface area is 130 Å². The topological polar surface area (TPSA) is 38.8 Å². The number of hydrogen-bond acceptors (Lipinski definition) is 4. The monoisotopic (exact) mass is 309 g/mol. The summed E-state index contributed by atoms with van der Waals surface area (Å²) in [5.41, 5.74) is 0.889. The van der Waals surface area contributed by atoms with Gasteiger partial charge >= 0.3 is 0 Å². The fourth-order valence-electron chi connectivity index (χ4n) is 3.67. The summed E-state index contributed by atoms with van der Waals surface area (Å²) in [6.45, 7) is 4.76. The summed E-state index contributed by atoms with van der Waals surface area (Å²) < 4.78 is 11.5. The first-order chi connectivity index (χ1) is 10.2. The molecule has 1 amide bonds. The molecule has 4 nitrogen and oxygen atoms in total. The van der Waals surface area contributed by atoms with Crippen molar-refractivity contribution in [3.05, 3.63) is 21.9 Å². The summed E-state index contributed by atoms with van der Waals surface area (Å²) in [6.07, 6.45) is 3.33. The minimum atomic E-state index is -0.185. The molecule has 2 fully saturated rings. The van der Waals surface area contributed by atoms with E-state index in [9.17, 15) is 4.79 Å². The van der Waals surface area contributed by atoms with Crippen LogP contribution in [0.25, 0.3) is 0 Å². The largest absolute Gasteiger partial charge is 0.384 e. The highest BCUT2D eigenvalue weighted by Gasteiger charge is 2.47. The maximum atomic E-state index is 12.7. The average Bonchev–Trinajstić information content (AvgIpc) is 3.06. The highest BCUT2D eigenvalue weighted by molar-refractivity contribution is 7.12. The molecule has 1 aromatic heterocycles. The number of carbonyl (C=O) groups is 1. The molecule has 1 aromatic rings. The van der Waals surface area contributed by atoms with E-state index in [0.717, 1.165) is 36.3 Å². The summed E-state index contributed by atoms with van der Waals surface area (Å²) in [5, 5.41) is 1.99. The number of amides is 1. The van der Waals surface area contributed by atoms with Crippen LogP contribution in [0.4, 0.5) is 0 Å². The van der Waals surface area contributed by atoms with Gasteiger partial charge in [-0.3, -0.25) is 4.79 Å². The predicted octanol–water partition coefficient (Wildman–Crippen LogP) is 2.71. The average molecular weight is 309 g/mol. The molecule has 0 unspecified atom stereocenters. The van der Waals surface area contributed by atoms with E-state index in [2.05, 4.69) is 0 Å². The van der Waals surface area contributed by atoms with E-state index < -0.39 is 0 Å². The van der Waals surface area contributed by atoms with E-state index in [0.29, 0.717) is 25.6 Å². The van der Waals surface area contributed by atoms with Gasteiger partial charge in [-0.25, -0.2) is 0 Å². The Bertz CT molecular complexity index is 515. The molecule has 1 spiro atoms. The van der Waals surface area contributed by atoms with E-state index in [-0.39, 0.29) is 11.5 Å². The first kappa shape index (κ1) is 15.0. The first-order valence-electron chi connectivity index (χ1n) is 7.62. The van der Waals surface area contributed by atoms with Gasteiger partial charge in [0.05, 0.1) is 30.2 Å². The zero-order chi connectivity index (χ0) is 14.9. The first-order valence-corrected chi connectivity index (χ1v) is 8.50. The van der Waals surface area contributed by atoms with Gasteiger partial charge in [-0.05, 0) is 36.8 Å². The van der Waals surface area contributed by atoms with Crippen molar-refractivity contribution in [1.29, 1.82) is 0 Å². The van der Waals surface area contributed by atoms with Crippen molar-refractivity contribution in [1.82, 2.24) is 4.90 Å². The third kappa shape index (κ3) is 2.74. The smallest absolute Gasteiger partial charge is 0.264 e. The van der Waals surface area contributed by atoms with Crippen LogP contribution in [0.5, 0.6) is 0 Å². The lowest BCUT2D eigenvalue weighted by Crippen LogP contribution is -2.56. The van der Waals surface area contributed by atoms with Gasteiger partial charge in [0, 0.05) is 19.6 Å². The van der Waals surface area contributed by atoms with Gasteiger partial charge < -0.3 is 14.4 Å².